The van der Waals surface area contributed by atoms with E-state index in [1.807, 2.05) is 36.4 Å². The molecule has 1 heterocycles. The second-order valence-electron chi connectivity index (χ2n) is 6.19. The highest BCUT2D eigenvalue weighted by atomic mass is 16.5. The van der Waals surface area contributed by atoms with Crippen LogP contribution in [-0.4, -0.2) is 49.8 Å². The van der Waals surface area contributed by atoms with E-state index in [0.717, 1.165) is 38.4 Å². The van der Waals surface area contributed by atoms with Crippen LogP contribution in [0.25, 0.3) is 0 Å². The fourth-order valence-corrected chi connectivity index (χ4v) is 3.07. The van der Waals surface area contributed by atoms with Gasteiger partial charge in [-0.25, -0.2) is 4.79 Å². The summed E-state index contributed by atoms with van der Waals surface area (Å²) >= 11 is 0. The zero-order chi connectivity index (χ0) is 17.3. The van der Waals surface area contributed by atoms with Gasteiger partial charge in [0, 0.05) is 31.4 Å². The molecule has 0 saturated carbocycles. The standard InChI is InChI=1S/C20H25N3O2/c24-20(22-18-9-5-2-6-10-18)21-16-19(23-11-13-25-14-12-23)15-17-7-3-1-4-8-17/h1-10,19H,11-16H2,(H2,21,22,24). The second kappa shape index (κ2) is 9.20. The van der Waals surface area contributed by atoms with Crippen molar-refractivity contribution in [3.05, 3.63) is 66.2 Å². The van der Waals surface area contributed by atoms with Crippen LogP contribution in [0.15, 0.2) is 60.7 Å². The molecule has 132 valence electrons. The number of urea groups is 1. The fourth-order valence-electron chi connectivity index (χ4n) is 3.07. The Labute approximate surface area is 149 Å². The molecule has 5 nitrogen and oxygen atoms in total. The van der Waals surface area contributed by atoms with Crippen LogP contribution in [0.2, 0.25) is 0 Å². The number of ether oxygens (including phenoxy) is 1. The number of carbonyl (C=O) groups is 1. The number of para-hydroxylation sites is 1. The van der Waals surface area contributed by atoms with Crippen LogP contribution in [0.1, 0.15) is 5.56 Å². The van der Waals surface area contributed by atoms with E-state index in [1.54, 1.807) is 0 Å². The predicted molar refractivity (Wildman–Crippen MR) is 99.8 cm³/mol. The lowest BCUT2D eigenvalue weighted by Crippen LogP contribution is -2.50. The third-order valence-electron chi connectivity index (χ3n) is 4.41. The molecule has 0 aliphatic carbocycles. The number of carbonyl (C=O) groups excluding carboxylic acids is 1. The largest absolute Gasteiger partial charge is 0.379 e. The van der Waals surface area contributed by atoms with Crippen molar-refractivity contribution in [2.45, 2.75) is 12.5 Å². The first-order valence-electron chi connectivity index (χ1n) is 8.77. The number of hydrogen-bond donors (Lipinski definition) is 2. The number of amides is 2. The van der Waals surface area contributed by atoms with Gasteiger partial charge in [0.05, 0.1) is 13.2 Å². The molecule has 1 aliphatic rings. The van der Waals surface area contributed by atoms with E-state index >= 15 is 0 Å². The van der Waals surface area contributed by atoms with E-state index in [9.17, 15) is 4.79 Å². The lowest BCUT2D eigenvalue weighted by atomic mass is 10.0. The van der Waals surface area contributed by atoms with Crippen molar-refractivity contribution in [3.63, 3.8) is 0 Å². The van der Waals surface area contributed by atoms with Gasteiger partial charge in [-0.15, -0.1) is 0 Å². The molecule has 1 fully saturated rings. The maximum atomic E-state index is 12.2. The summed E-state index contributed by atoms with van der Waals surface area (Å²) in [6, 6.07) is 20.0. The third-order valence-corrected chi connectivity index (χ3v) is 4.41. The highest BCUT2D eigenvalue weighted by molar-refractivity contribution is 5.89. The Bertz CT molecular complexity index is 643. The Hall–Kier alpha value is -2.37. The average Bonchev–Trinajstić information content (AvgIpc) is 2.67. The van der Waals surface area contributed by atoms with Gasteiger partial charge in [-0.2, -0.15) is 0 Å². The van der Waals surface area contributed by atoms with Crippen LogP contribution in [0.5, 0.6) is 0 Å². The second-order valence-corrected chi connectivity index (χ2v) is 6.19. The minimum Gasteiger partial charge on any atom is -0.379 e. The summed E-state index contributed by atoms with van der Waals surface area (Å²) in [6.45, 7) is 3.91. The van der Waals surface area contributed by atoms with Crippen molar-refractivity contribution in [3.8, 4) is 0 Å². The van der Waals surface area contributed by atoms with Crippen molar-refractivity contribution in [1.29, 1.82) is 0 Å². The molecule has 1 saturated heterocycles. The summed E-state index contributed by atoms with van der Waals surface area (Å²) in [7, 11) is 0. The van der Waals surface area contributed by atoms with Crippen molar-refractivity contribution in [2.75, 3.05) is 38.2 Å². The van der Waals surface area contributed by atoms with Crippen LogP contribution in [0, 0.1) is 0 Å². The van der Waals surface area contributed by atoms with Gasteiger partial charge in [-0.05, 0) is 24.1 Å². The van der Waals surface area contributed by atoms with Crippen LogP contribution < -0.4 is 10.6 Å². The van der Waals surface area contributed by atoms with Crippen molar-refractivity contribution >= 4 is 11.7 Å². The van der Waals surface area contributed by atoms with Crippen molar-refractivity contribution in [2.24, 2.45) is 0 Å². The molecule has 2 aromatic carbocycles. The van der Waals surface area contributed by atoms with E-state index in [2.05, 4.69) is 39.8 Å². The molecular weight excluding hydrogens is 314 g/mol. The topological polar surface area (TPSA) is 53.6 Å². The summed E-state index contributed by atoms with van der Waals surface area (Å²) in [5.74, 6) is 0. The summed E-state index contributed by atoms with van der Waals surface area (Å²) < 4.78 is 5.46. The summed E-state index contributed by atoms with van der Waals surface area (Å²) in [4.78, 5) is 14.6. The SMILES string of the molecule is O=C(NCC(Cc1ccccc1)N1CCOCC1)Nc1ccccc1. The monoisotopic (exact) mass is 339 g/mol. The Morgan fingerprint density at radius 2 is 1.64 bits per heavy atom. The Morgan fingerprint density at radius 3 is 2.32 bits per heavy atom. The summed E-state index contributed by atoms with van der Waals surface area (Å²) in [5.41, 5.74) is 2.08. The Morgan fingerprint density at radius 1 is 1.00 bits per heavy atom. The van der Waals surface area contributed by atoms with Gasteiger partial charge >= 0.3 is 6.03 Å². The first-order valence-corrected chi connectivity index (χ1v) is 8.77. The smallest absolute Gasteiger partial charge is 0.319 e. The molecule has 0 radical (unpaired) electrons. The fraction of sp³-hybridized carbons (Fsp3) is 0.350. The highest BCUT2D eigenvalue weighted by Crippen LogP contribution is 2.11. The van der Waals surface area contributed by atoms with Crippen LogP contribution in [0.4, 0.5) is 10.5 Å². The van der Waals surface area contributed by atoms with Gasteiger partial charge in [0.25, 0.3) is 0 Å². The lowest BCUT2D eigenvalue weighted by Gasteiger charge is -2.34. The van der Waals surface area contributed by atoms with E-state index in [-0.39, 0.29) is 12.1 Å². The Balaban J connectivity index is 1.57. The van der Waals surface area contributed by atoms with Gasteiger partial charge in [-0.3, -0.25) is 4.90 Å². The first-order chi connectivity index (χ1) is 12.3. The molecule has 1 atom stereocenters. The van der Waals surface area contributed by atoms with E-state index in [0.29, 0.717) is 6.54 Å². The van der Waals surface area contributed by atoms with Crippen molar-refractivity contribution in [1.82, 2.24) is 10.2 Å². The quantitative estimate of drug-likeness (QED) is 0.851. The molecule has 25 heavy (non-hydrogen) atoms. The molecule has 1 aliphatic heterocycles. The molecule has 2 N–H and O–H groups in total. The summed E-state index contributed by atoms with van der Waals surface area (Å²) in [6.07, 6.45) is 0.909. The number of rotatable bonds is 6. The number of morpholine rings is 1. The average molecular weight is 339 g/mol. The molecule has 1 unspecified atom stereocenters. The van der Waals surface area contributed by atoms with Gasteiger partial charge in [-0.1, -0.05) is 48.5 Å². The molecule has 0 aromatic heterocycles. The van der Waals surface area contributed by atoms with E-state index < -0.39 is 0 Å². The first kappa shape index (κ1) is 17.5. The number of benzene rings is 2. The predicted octanol–water partition coefficient (Wildman–Crippen LogP) is 2.75. The van der Waals surface area contributed by atoms with E-state index in [4.69, 9.17) is 4.74 Å². The number of hydrogen-bond acceptors (Lipinski definition) is 3. The number of nitrogens with one attached hydrogen (secondary N) is 2. The highest BCUT2D eigenvalue weighted by Gasteiger charge is 2.21. The van der Waals surface area contributed by atoms with Crippen molar-refractivity contribution < 1.29 is 9.53 Å². The van der Waals surface area contributed by atoms with Gasteiger partial charge in [0.2, 0.25) is 0 Å². The minimum atomic E-state index is -0.169. The van der Waals surface area contributed by atoms with Gasteiger partial charge in [0.1, 0.15) is 0 Å². The molecule has 5 heteroatoms. The maximum Gasteiger partial charge on any atom is 0.319 e. The van der Waals surface area contributed by atoms with E-state index in [1.165, 1.54) is 5.56 Å². The molecule has 3 rings (SSSR count). The molecular formula is C20H25N3O2. The molecule has 0 spiro atoms. The van der Waals surface area contributed by atoms with Crippen LogP contribution in [0.3, 0.4) is 0 Å². The lowest BCUT2D eigenvalue weighted by molar-refractivity contribution is 0.0173. The number of nitrogens with zero attached hydrogens (tertiary/aromatic N) is 1. The molecule has 0 bridgehead atoms. The summed E-state index contributed by atoms with van der Waals surface area (Å²) in [5, 5.41) is 5.89. The number of anilines is 1. The third kappa shape index (κ3) is 5.59. The maximum absolute atomic E-state index is 12.2. The zero-order valence-corrected chi connectivity index (χ0v) is 14.4. The molecule has 2 amide bonds. The minimum absolute atomic E-state index is 0.169. The normalized spacial score (nSPS) is 16.2. The van der Waals surface area contributed by atoms with Crippen LogP contribution in [-0.2, 0) is 11.2 Å². The van der Waals surface area contributed by atoms with Gasteiger partial charge < -0.3 is 15.4 Å². The zero-order valence-electron chi connectivity index (χ0n) is 14.4. The molecule has 2 aromatic rings. The van der Waals surface area contributed by atoms with Gasteiger partial charge in [0.15, 0.2) is 0 Å². The Kier molecular flexibility index (Phi) is 6.42. The van der Waals surface area contributed by atoms with Crippen LogP contribution >= 0.6 is 0 Å².